The molecule has 0 bridgehead atoms. The lowest BCUT2D eigenvalue weighted by Crippen LogP contribution is -2.14. The molecule has 2 unspecified atom stereocenters. The van der Waals surface area contributed by atoms with Crippen molar-refractivity contribution in [2.45, 2.75) is 25.2 Å². The number of furan rings is 1. The van der Waals surface area contributed by atoms with E-state index in [9.17, 15) is 5.11 Å². The van der Waals surface area contributed by atoms with Crippen LogP contribution in [0.3, 0.4) is 0 Å². The number of aliphatic hydroxyl groups is 2. The molecule has 25 heavy (non-hydrogen) atoms. The molecule has 0 radical (unpaired) electrons. The van der Waals surface area contributed by atoms with Gasteiger partial charge in [-0.1, -0.05) is 0 Å². The van der Waals surface area contributed by atoms with Gasteiger partial charge >= 0.3 is 0 Å². The molecule has 2 atom stereocenters. The van der Waals surface area contributed by atoms with Crippen molar-refractivity contribution in [3.63, 3.8) is 0 Å². The third-order valence-corrected chi connectivity index (χ3v) is 4.23. The lowest BCUT2D eigenvalue weighted by atomic mass is 10.2. The van der Waals surface area contributed by atoms with Gasteiger partial charge in [0.05, 0.1) is 24.4 Å². The van der Waals surface area contributed by atoms with Crippen LogP contribution in [0.15, 0.2) is 35.3 Å². The number of fused-ring (bicyclic) bond motifs is 1. The number of nitrogens with one attached hydrogen (secondary N) is 1. The summed E-state index contributed by atoms with van der Waals surface area (Å²) >= 11 is 0. The molecule has 0 spiro atoms. The molecule has 3 aromatic heterocycles. The van der Waals surface area contributed by atoms with Gasteiger partial charge in [-0.15, -0.1) is 0 Å². The van der Waals surface area contributed by atoms with Crippen LogP contribution in [0.1, 0.15) is 19.1 Å². The average Bonchev–Trinajstić information content (AvgIpc) is 3.40. The van der Waals surface area contributed by atoms with Crippen molar-refractivity contribution < 1.29 is 19.4 Å². The van der Waals surface area contributed by atoms with E-state index in [1.807, 2.05) is 29.9 Å². The van der Waals surface area contributed by atoms with Gasteiger partial charge in [-0.2, -0.15) is 0 Å². The average molecular weight is 346 g/mol. The molecule has 8 heteroatoms. The Morgan fingerprint density at radius 2 is 2.16 bits per heavy atom. The molecule has 8 nitrogen and oxygen atoms in total. The smallest absolute Gasteiger partial charge is 0.148 e. The van der Waals surface area contributed by atoms with Gasteiger partial charge in [-0.25, -0.2) is 9.97 Å². The minimum atomic E-state index is -0.141. The summed E-state index contributed by atoms with van der Waals surface area (Å²) in [5, 5.41) is 20.3. The third kappa shape index (κ3) is 3.11. The zero-order valence-corrected chi connectivity index (χ0v) is 14.2. The maximum Gasteiger partial charge on any atom is 0.148 e. The fraction of sp³-hybridized carbons (Fsp3) is 0.412. The summed E-state index contributed by atoms with van der Waals surface area (Å²) in [5.74, 6) is 1.51. The molecule has 3 N–H and O–H groups in total. The van der Waals surface area contributed by atoms with E-state index in [1.54, 1.807) is 6.26 Å². The highest BCUT2D eigenvalue weighted by atomic mass is 16.5. The molecular formula is C17H22N4O4. The summed E-state index contributed by atoms with van der Waals surface area (Å²) in [6.45, 7) is 0.0392. The molecule has 4 rings (SSSR count). The fourth-order valence-corrected chi connectivity index (χ4v) is 3.14. The van der Waals surface area contributed by atoms with E-state index in [0.717, 1.165) is 48.1 Å². The molecular weight excluding hydrogens is 324 g/mol. The Morgan fingerprint density at radius 3 is 2.80 bits per heavy atom. The highest BCUT2D eigenvalue weighted by molar-refractivity contribution is 6.00. The molecule has 1 fully saturated rings. The van der Waals surface area contributed by atoms with Gasteiger partial charge in [0.15, 0.2) is 0 Å². The molecule has 0 aliphatic carbocycles. The molecule has 0 aromatic carbocycles. The predicted octanol–water partition coefficient (Wildman–Crippen LogP) is 2.01. The Labute approximate surface area is 145 Å². The SMILES string of the molecule is CNc1ncnc2c1c(-c1ccco1)cn2C1CCC(CO)O1.CO. The fourth-order valence-electron chi connectivity index (χ4n) is 3.14. The Hall–Kier alpha value is -2.42. The zero-order valence-electron chi connectivity index (χ0n) is 14.2. The van der Waals surface area contributed by atoms with Crippen molar-refractivity contribution in [2.24, 2.45) is 0 Å². The van der Waals surface area contributed by atoms with Crippen molar-refractivity contribution >= 4 is 16.9 Å². The quantitative estimate of drug-likeness (QED) is 0.663. The molecule has 0 saturated carbocycles. The van der Waals surface area contributed by atoms with Gasteiger partial charge in [-0.3, -0.25) is 0 Å². The second-order valence-corrected chi connectivity index (χ2v) is 5.57. The first kappa shape index (κ1) is 17.4. The van der Waals surface area contributed by atoms with Crippen LogP contribution >= 0.6 is 0 Å². The first-order chi connectivity index (χ1) is 12.3. The van der Waals surface area contributed by atoms with Crippen molar-refractivity contribution in [3.8, 4) is 11.3 Å². The van der Waals surface area contributed by atoms with Crippen LogP contribution in [0.2, 0.25) is 0 Å². The normalized spacial score (nSPS) is 19.7. The summed E-state index contributed by atoms with van der Waals surface area (Å²) in [6.07, 6.45) is 6.59. The summed E-state index contributed by atoms with van der Waals surface area (Å²) in [5.41, 5.74) is 1.71. The van der Waals surface area contributed by atoms with Gasteiger partial charge in [0.1, 0.15) is 29.8 Å². The number of nitrogens with zero attached hydrogens (tertiary/aromatic N) is 3. The van der Waals surface area contributed by atoms with Crippen molar-refractivity contribution in [1.82, 2.24) is 14.5 Å². The van der Waals surface area contributed by atoms with Crippen LogP contribution in [0, 0.1) is 0 Å². The lowest BCUT2D eigenvalue weighted by Gasteiger charge is -2.14. The highest BCUT2D eigenvalue weighted by Crippen LogP contribution is 2.38. The summed E-state index contributed by atoms with van der Waals surface area (Å²) in [7, 11) is 2.83. The van der Waals surface area contributed by atoms with Crippen LogP contribution in [0.5, 0.6) is 0 Å². The molecule has 1 aliphatic heterocycles. The molecule has 1 saturated heterocycles. The number of hydrogen-bond acceptors (Lipinski definition) is 7. The minimum Gasteiger partial charge on any atom is -0.464 e. The van der Waals surface area contributed by atoms with Crippen molar-refractivity contribution in [2.75, 3.05) is 26.1 Å². The van der Waals surface area contributed by atoms with E-state index in [1.165, 1.54) is 6.33 Å². The summed E-state index contributed by atoms with van der Waals surface area (Å²) in [4.78, 5) is 8.75. The zero-order chi connectivity index (χ0) is 17.8. The van der Waals surface area contributed by atoms with E-state index < -0.39 is 0 Å². The first-order valence-electron chi connectivity index (χ1n) is 8.10. The van der Waals surface area contributed by atoms with E-state index in [0.29, 0.717) is 0 Å². The predicted molar refractivity (Wildman–Crippen MR) is 93.1 cm³/mol. The first-order valence-corrected chi connectivity index (χ1v) is 8.10. The van der Waals surface area contributed by atoms with Crippen LogP contribution in [0.4, 0.5) is 5.82 Å². The summed E-state index contributed by atoms with van der Waals surface area (Å²) < 4.78 is 13.5. The number of rotatable bonds is 4. The van der Waals surface area contributed by atoms with E-state index in [4.69, 9.17) is 14.3 Å². The van der Waals surface area contributed by atoms with Gasteiger partial charge in [-0.05, 0) is 25.0 Å². The summed E-state index contributed by atoms with van der Waals surface area (Å²) in [6, 6.07) is 3.77. The second kappa shape index (κ2) is 7.64. The van der Waals surface area contributed by atoms with Gasteiger partial charge in [0, 0.05) is 25.9 Å². The Bertz CT molecular complexity index is 816. The Balaban J connectivity index is 0.000000880. The van der Waals surface area contributed by atoms with Crippen LogP contribution < -0.4 is 5.32 Å². The van der Waals surface area contributed by atoms with Crippen LogP contribution in [0.25, 0.3) is 22.4 Å². The Kier molecular flexibility index (Phi) is 5.32. The maximum atomic E-state index is 9.30. The number of aromatic nitrogens is 3. The molecule has 1 aliphatic rings. The van der Waals surface area contributed by atoms with E-state index in [-0.39, 0.29) is 18.9 Å². The lowest BCUT2D eigenvalue weighted by molar-refractivity contribution is -0.0204. The Morgan fingerprint density at radius 1 is 1.32 bits per heavy atom. The minimum absolute atomic E-state index is 0.0392. The number of anilines is 1. The standard InChI is InChI=1S/C16H18N4O3.CH4O/c1-17-15-14-11(12-3-2-6-22-12)7-20(16(14)19-9-18-15)13-5-4-10(8-21)23-13;1-2/h2-3,6-7,9-10,13,21H,4-5,8H2,1H3,(H,17,18,19);2H,1H3. The van der Waals surface area contributed by atoms with Gasteiger partial charge in [0.2, 0.25) is 0 Å². The van der Waals surface area contributed by atoms with Crippen molar-refractivity contribution in [1.29, 1.82) is 0 Å². The molecule has 0 amide bonds. The molecule has 134 valence electrons. The van der Waals surface area contributed by atoms with E-state index >= 15 is 0 Å². The topological polar surface area (TPSA) is 106 Å². The third-order valence-electron chi connectivity index (χ3n) is 4.23. The second-order valence-electron chi connectivity index (χ2n) is 5.57. The number of aliphatic hydroxyl groups excluding tert-OH is 2. The monoisotopic (exact) mass is 346 g/mol. The maximum absolute atomic E-state index is 9.30. The largest absolute Gasteiger partial charge is 0.464 e. The van der Waals surface area contributed by atoms with Crippen molar-refractivity contribution in [3.05, 3.63) is 30.9 Å². The molecule has 4 heterocycles. The number of ether oxygens (including phenoxy) is 1. The number of hydrogen-bond donors (Lipinski definition) is 3. The molecule has 3 aromatic rings. The van der Waals surface area contributed by atoms with E-state index in [2.05, 4.69) is 15.3 Å². The van der Waals surface area contributed by atoms with Gasteiger partial charge in [0.25, 0.3) is 0 Å². The van der Waals surface area contributed by atoms with Crippen LogP contribution in [-0.4, -0.2) is 51.6 Å². The van der Waals surface area contributed by atoms with Crippen LogP contribution in [-0.2, 0) is 4.74 Å². The highest BCUT2D eigenvalue weighted by Gasteiger charge is 2.29. The van der Waals surface area contributed by atoms with Gasteiger partial charge < -0.3 is 29.3 Å².